The molecule has 16 heavy (non-hydrogen) atoms. The molecule has 5 nitrogen and oxygen atoms in total. The Labute approximate surface area is 98.1 Å². The van der Waals surface area contributed by atoms with Crippen molar-refractivity contribution in [2.75, 3.05) is 5.32 Å². The summed E-state index contributed by atoms with van der Waals surface area (Å²) in [5.41, 5.74) is -0.691. The Kier molecular flexibility index (Phi) is 3.09. The molecule has 0 amide bonds. The molecule has 1 heterocycles. The second-order valence-corrected chi connectivity index (χ2v) is 5.19. The van der Waals surface area contributed by atoms with Gasteiger partial charge in [-0.1, -0.05) is 12.8 Å². The molecule has 0 bridgehead atoms. The van der Waals surface area contributed by atoms with Crippen LogP contribution in [0.4, 0.5) is 5.13 Å². The predicted molar refractivity (Wildman–Crippen MR) is 61.5 cm³/mol. The first-order chi connectivity index (χ1) is 7.63. The Balaban J connectivity index is 2.14. The van der Waals surface area contributed by atoms with Crippen LogP contribution in [0.2, 0.25) is 0 Å². The van der Waals surface area contributed by atoms with Gasteiger partial charge in [0.2, 0.25) is 5.13 Å². The Morgan fingerprint density at radius 3 is 3.12 bits per heavy atom. The lowest BCUT2D eigenvalue weighted by molar-refractivity contribution is -0.150. The van der Waals surface area contributed by atoms with E-state index in [2.05, 4.69) is 14.7 Å². The second kappa shape index (κ2) is 4.37. The number of aliphatic carboxylic acids is 1. The van der Waals surface area contributed by atoms with Crippen LogP contribution in [-0.4, -0.2) is 26.5 Å². The van der Waals surface area contributed by atoms with E-state index in [4.69, 9.17) is 0 Å². The summed E-state index contributed by atoms with van der Waals surface area (Å²) >= 11 is 1.26. The minimum absolute atomic E-state index is 0.0494. The topological polar surface area (TPSA) is 75.1 Å². The number of carbonyl (C=O) groups is 1. The maximum atomic E-state index is 11.3. The number of carboxylic acid groups (broad SMARTS) is 1. The van der Waals surface area contributed by atoms with Gasteiger partial charge in [-0.25, -0.2) is 4.98 Å². The van der Waals surface area contributed by atoms with Gasteiger partial charge in [0.25, 0.3) is 0 Å². The molecule has 1 aliphatic rings. The highest BCUT2D eigenvalue weighted by atomic mass is 32.1. The average molecular weight is 241 g/mol. The zero-order chi connectivity index (χ0) is 11.6. The molecule has 0 aliphatic heterocycles. The van der Waals surface area contributed by atoms with E-state index in [9.17, 15) is 9.90 Å². The van der Waals surface area contributed by atoms with Crippen molar-refractivity contribution in [3.8, 4) is 0 Å². The van der Waals surface area contributed by atoms with Gasteiger partial charge in [-0.2, -0.15) is 4.37 Å². The van der Waals surface area contributed by atoms with Crippen LogP contribution in [0.3, 0.4) is 0 Å². The molecule has 1 aromatic rings. The molecule has 2 unspecified atom stereocenters. The zero-order valence-corrected chi connectivity index (χ0v) is 9.96. The fourth-order valence-electron chi connectivity index (χ4n) is 2.21. The minimum Gasteiger partial charge on any atom is -0.481 e. The van der Waals surface area contributed by atoms with Crippen molar-refractivity contribution in [1.29, 1.82) is 0 Å². The van der Waals surface area contributed by atoms with Crippen molar-refractivity contribution in [3.63, 3.8) is 0 Å². The summed E-state index contributed by atoms with van der Waals surface area (Å²) in [6, 6.07) is -0.0494. The van der Waals surface area contributed by atoms with Crippen LogP contribution in [0.1, 0.15) is 32.6 Å². The highest BCUT2D eigenvalue weighted by molar-refractivity contribution is 7.09. The van der Waals surface area contributed by atoms with E-state index in [0.29, 0.717) is 5.13 Å². The van der Waals surface area contributed by atoms with Crippen molar-refractivity contribution in [1.82, 2.24) is 9.36 Å². The highest BCUT2D eigenvalue weighted by Gasteiger charge is 2.43. The zero-order valence-electron chi connectivity index (χ0n) is 9.14. The summed E-state index contributed by atoms with van der Waals surface area (Å²) in [7, 11) is 0. The third-order valence-corrected chi connectivity index (χ3v) is 3.95. The van der Waals surface area contributed by atoms with Gasteiger partial charge < -0.3 is 10.4 Å². The van der Waals surface area contributed by atoms with Crippen molar-refractivity contribution in [2.45, 2.75) is 38.6 Å². The van der Waals surface area contributed by atoms with Crippen molar-refractivity contribution in [2.24, 2.45) is 5.41 Å². The lowest BCUT2D eigenvalue weighted by Gasteiger charge is -2.38. The van der Waals surface area contributed by atoms with Crippen LogP contribution < -0.4 is 5.32 Å². The van der Waals surface area contributed by atoms with Crippen LogP contribution in [0.5, 0.6) is 0 Å². The maximum Gasteiger partial charge on any atom is 0.311 e. The van der Waals surface area contributed by atoms with Gasteiger partial charge in [-0.3, -0.25) is 4.79 Å². The lowest BCUT2D eigenvalue weighted by Crippen LogP contribution is -2.46. The molecule has 1 aromatic heterocycles. The van der Waals surface area contributed by atoms with Gasteiger partial charge in [-0.15, -0.1) is 0 Å². The van der Waals surface area contributed by atoms with E-state index in [1.807, 2.05) is 6.92 Å². The standard InChI is InChI=1S/C10H15N3O2S/c1-10(8(14)15)5-3-2-4-7(10)13-9-11-6-12-16-9/h6-7H,2-5H2,1H3,(H,14,15)(H,11,12,13). The van der Waals surface area contributed by atoms with E-state index in [1.165, 1.54) is 17.9 Å². The first-order valence-electron chi connectivity index (χ1n) is 5.39. The number of carboxylic acids is 1. The molecule has 0 radical (unpaired) electrons. The van der Waals surface area contributed by atoms with Gasteiger partial charge in [0.05, 0.1) is 5.41 Å². The second-order valence-electron chi connectivity index (χ2n) is 4.41. The van der Waals surface area contributed by atoms with Gasteiger partial charge in [0.1, 0.15) is 6.33 Å². The third-order valence-electron chi connectivity index (χ3n) is 3.36. The molecule has 1 fully saturated rings. The molecule has 0 spiro atoms. The Morgan fingerprint density at radius 2 is 2.50 bits per heavy atom. The van der Waals surface area contributed by atoms with Crippen molar-refractivity contribution in [3.05, 3.63) is 6.33 Å². The summed E-state index contributed by atoms with van der Waals surface area (Å²) in [4.78, 5) is 15.4. The summed E-state index contributed by atoms with van der Waals surface area (Å²) in [6.45, 7) is 1.81. The van der Waals surface area contributed by atoms with Crippen molar-refractivity contribution < 1.29 is 9.90 Å². The fraction of sp³-hybridized carbons (Fsp3) is 0.700. The SMILES string of the molecule is CC1(C(=O)O)CCCCC1Nc1ncns1. The van der Waals surface area contributed by atoms with Gasteiger partial charge in [-0.05, 0) is 19.8 Å². The number of aromatic nitrogens is 2. The monoisotopic (exact) mass is 241 g/mol. The molecule has 1 aliphatic carbocycles. The molecule has 2 rings (SSSR count). The maximum absolute atomic E-state index is 11.3. The number of hydrogen-bond donors (Lipinski definition) is 2. The van der Waals surface area contributed by atoms with E-state index in [-0.39, 0.29) is 6.04 Å². The molecule has 0 saturated heterocycles. The quantitative estimate of drug-likeness (QED) is 0.846. The first-order valence-corrected chi connectivity index (χ1v) is 6.17. The Hall–Kier alpha value is -1.17. The Morgan fingerprint density at radius 1 is 1.69 bits per heavy atom. The van der Waals surface area contributed by atoms with E-state index in [1.54, 1.807) is 0 Å². The molecule has 2 N–H and O–H groups in total. The molecule has 88 valence electrons. The molecule has 0 aromatic carbocycles. The summed E-state index contributed by atoms with van der Waals surface area (Å²) in [5.74, 6) is -0.728. The van der Waals surface area contributed by atoms with Crippen LogP contribution in [0, 0.1) is 5.41 Å². The van der Waals surface area contributed by atoms with E-state index >= 15 is 0 Å². The van der Waals surface area contributed by atoms with E-state index < -0.39 is 11.4 Å². The van der Waals surface area contributed by atoms with E-state index in [0.717, 1.165) is 25.7 Å². The number of nitrogens with zero attached hydrogens (tertiary/aromatic N) is 2. The lowest BCUT2D eigenvalue weighted by atomic mass is 9.72. The number of rotatable bonds is 3. The molecule has 1 saturated carbocycles. The minimum atomic E-state index is -0.728. The van der Waals surface area contributed by atoms with Gasteiger partial charge in [0, 0.05) is 17.6 Å². The number of nitrogens with one attached hydrogen (secondary N) is 1. The summed E-state index contributed by atoms with van der Waals surface area (Å²) in [6.07, 6.45) is 5.13. The highest BCUT2D eigenvalue weighted by Crippen LogP contribution is 2.38. The van der Waals surface area contributed by atoms with Crippen LogP contribution >= 0.6 is 11.5 Å². The fourth-order valence-corrected chi connectivity index (χ4v) is 2.69. The average Bonchev–Trinajstić information content (AvgIpc) is 2.74. The summed E-state index contributed by atoms with van der Waals surface area (Å²) < 4.78 is 3.90. The predicted octanol–water partition coefficient (Wildman–Crippen LogP) is 1.98. The third kappa shape index (κ3) is 2.02. The first kappa shape index (κ1) is 11.3. The normalized spacial score (nSPS) is 29.9. The number of anilines is 1. The van der Waals surface area contributed by atoms with Crippen LogP contribution in [0.15, 0.2) is 6.33 Å². The van der Waals surface area contributed by atoms with Crippen LogP contribution in [0.25, 0.3) is 0 Å². The van der Waals surface area contributed by atoms with Gasteiger partial charge >= 0.3 is 5.97 Å². The largest absolute Gasteiger partial charge is 0.481 e. The smallest absolute Gasteiger partial charge is 0.311 e. The number of hydrogen-bond acceptors (Lipinski definition) is 5. The van der Waals surface area contributed by atoms with Gasteiger partial charge in [0.15, 0.2) is 0 Å². The molecular formula is C10H15N3O2S. The Bertz CT molecular complexity index is 368. The van der Waals surface area contributed by atoms with Crippen molar-refractivity contribution >= 4 is 22.6 Å². The molecule has 6 heteroatoms. The molecular weight excluding hydrogens is 226 g/mol. The summed E-state index contributed by atoms with van der Waals surface area (Å²) in [5, 5.41) is 13.2. The molecule has 2 atom stereocenters. The van der Waals surface area contributed by atoms with Crippen LogP contribution in [-0.2, 0) is 4.79 Å².